The Morgan fingerprint density at radius 3 is 3.00 bits per heavy atom. The normalized spacial score (nSPS) is 22.3. The van der Waals surface area contributed by atoms with Crippen molar-refractivity contribution in [2.75, 3.05) is 6.54 Å². The Morgan fingerprint density at radius 1 is 1.56 bits per heavy atom. The monoisotopic (exact) mass is 229 g/mol. The Balaban J connectivity index is 2.06. The first-order chi connectivity index (χ1) is 7.57. The van der Waals surface area contributed by atoms with Crippen LogP contribution in [0.2, 0.25) is 0 Å². The van der Waals surface area contributed by atoms with Gasteiger partial charge in [0.25, 0.3) is 5.92 Å². The van der Waals surface area contributed by atoms with E-state index in [2.05, 4.69) is 10.4 Å². The molecule has 3 nitrogen and oxygen atoms in total. The zero-order chi connectivity index (χ0) is 11.6. The van der Waals surface area contributed by atoms with E-state index in [1.165, 1.54) is 23.4 Å². The largest absolute Gasteiger partial charge is 0.312 e. The molecule has 0 radical (unpaired) electrons. The van der Waals surface area contributed by atoms with Gasteiger partial charge in [-0.25, -0.2) is 0 Å². The van der Waals surface area contributed by atoms with Crippen LogP contribution in [0, 0.1) is 0 Å². The van der Waals surface area contributed by atoms with Crippen molar-refractivity contribution >= 4 is 0 Å². The van der Waals surface area contributed by atoms with E-state index in [-0.39, 0.29) is 11.7 Å². The maximum atomic E-state index is 13.2. The zero-order valence-electron chi connectivity index (χ0n) is 9.42. The SMILES string of the molecule is CC(F)(F)c1ccnn1CC1CCCCN1. The molecule has 1 fully saturated rings. The summed E-state index contributed by atoms with van der Waals surface area (Å²) in [4.78, 5) is 0. The van der Waals surface area contributed by atoms with Gasteiger partial charge in [-0.1, -0.05) is 6.42 Å². The molecule has 1 aromatic heterocycles. The Labute approximate surface area is 93.8 Å². The molecule has 1 unspecified atom stereocenters. The quantitative estimate of drug-likeness (QED) is 0.860. The summed E-state index contributed by atoms with van der Waals surface area (Å²) in [5.41, 5.74) is -0.000117. The number of hydrogen-bond acceptors (Lipinski definition) is 2. The van der Waals surface area contributed by atoms with Gasteiger partial charge in [-0.15, -0.1) is 0 Å². The number of halogens is 2. The number of hydrogen-bond donors (Lipinski definition) is 1. The van der Waals surface area contributed by atoms with E-state index in [0.717, 1.165) is 26.3 Å². The molecule has 1 saturated heterocycles. The average molecular weight is 229 g/mol. The predicted octanol–water partition coefficient (Wildman–Crippen LogP) is 2.14. The number of alkyl halides is 2. The number of rotatable bonds is 3. The highest BCUT2D eigenvalue weighted by Gasteiger charge is 2.29. The second-order valence-electron chi connectivity index (χ2n) is 4.43. The third-order valence-corrected chi connectivity index (χ3v) is 2.97. The molecule has 5 heteroatoms. The van der Waals surface area contributed by atoms with Gasteiger partial charge in [0.05, 0.1) is 6.54 Å². The zero-order valence-corrected chi connectivity index (χ0v) is 9.42. The predicted molar refractivity (Wildman–Crippen MR) is 57.4 cm³/mol. The molecule has 1 aromatic rings. The van der Waals surface area contributed by atoms with Crippen LogP contribution in [0.25, 0.3) is 0 Å². The highest BCUT2D eigenvalue weighted by Crippen LogP contribution is 2.26. The van der Waals surface area contributed by atoms with Crippen molar-refractivity contribution in [3.8, 4) is 0 Å². The van der Waals surface area contributed by atoms with Crippen LogP contribution < -0.4 is 5.32 Å². The summed E-state index contributed by atoms with van der Waals surface area (Å²) in [6.45, 7) is 2.42. The number of aromatic nitrogens is 2. The Kier molecular flexibility index (Phi) is 3.23. The van der Waals surface area contributed by atoms with E-state index in [9.17, 15) is 8.78 Å². The van der Waals surface area contributed by atoms with Gasteiger partial charge in [-0.05, 0) is 25.5 Å². The van der Waals surface area contributed by atoms with Crippen LogP contribution in [0.3, 0.4) is 0 Å². The second-order valence-corrected chi connectivity index (χ2v) is 4.43. The summed E-state index contributed by atoms with van der Waals surface area (Å²) in [5.74, 6) is -2.81. The topological polar surface area (TPSA) is 29.9 Å². The van der Waals surface area contributed by atoms with Gasteiger partial charge in [0.2, 0.25) is 0 Å². The van der Waals surface area contributed by atoms with E-state index in [1.54, 1.807) is 0 Å². The van der Waals surface area contributed by atoms with E-state index >= 15 is 0 Å². The first-order valence-electron chi connectivity index (χ1n) is 5.71. The molecule has 1 atom stereocenters. The first kappa shape index (κ1) is 11.5. The highest BCUT2D eigenvalue weighted by molar-refractivity contribution is 5.07. The summed E-state index contributed by atoms with van der Waals surface area (Å²) in [6.07, 6.45) is 4.81. The number of nitrogens with one attached hydrogen (secondary N) is 1. The van der Waals surface area contributed by atoms with Gasteiger partial charge in [0.1, 0.15) is 5.69 Å². The van der Waals surface area contributed by atoms with Crippen molar-refractivity contribution in [3.05, 3.63) is 18.0 Å². The molecule has 0 saturated carbocycles. The van der Waals surface area contributed by atoms with Gasteiger partial charge in [0, 0.05) is 19.2 Å². The minimum atomic E-state index is -2.81. The molecule has 1 N–H and O–H groups in total. The third kappa shape index (κ3) is 2.58. The molecule has 16 heavy (non-hydrogen) atoms. The lowest BCUT2D eigenvalue weighted by Gasteiger charge is -2.24. The van der Waals surface area contributed by atoms with Gasteiger partial charge in [-0.3, -0.25) is 4.68 Å². The molecular weight excluding hydrogens is 212 g/mol. The lowest BCUT2D eigenvalue weighted by Crippen LogP contribution is -2.38. The maximum Gasteiger partial charge on any atom is 0.286 e. The molecule has 1 aliphatic heterocycles. The third-order valence-electron chi connectivity index (χ3n) is 2.97. The van der Waals surface area contributed by atoms with Crippen molar-refractivity contribution in [2.24, 2.45) is 0 Å². The van der Waals surface area contributed by atoms with Crippen LogP contribution in [0.5, 0.6) is 0 Å². The second kappa shape index (κ2) is 4.49. The standard InChI is InChI=1S/C11H17F2N3/c1-11(12,13)10-5-7-15-16(10)8-9-4-2-3-6-14-9/h5,7,9,14H,2-4,6,8H2,1H3. The van der Waals surface area contributed by atoms with E-state index in [1.807, 2.05) is 0 Å². The summed E-state index contributed by atoms with van der Waals surface area (Å²) in [6, 6.07) is 1.66. The Bertz CT molecular complexity index is 337. The minimum absolute atomic E-state index is 0.000117. The molecule has 2 rings (SSSR count). The fraction of sp³-hybridized carbons (Fsp3) is 0.727. The molecule has 0 amide bonds. The summed E-state index contributed by atoms with van der Waals surface area (Å²) >= 11 is 0. The molecule has 90 valence electrons. The van der Waals surface area contributed by atoms with E-state index < -0.39 is 5.92 Å². The van der Waals surface area contributed by atoms with Crippen molar-refractivity contribution in [2.45, 2.75) is 44.7 Å². The molecule has 1 aliphatic rings. The van der Waals surface area contributed by atoms with E-state index in [4.69, 9.17) is 0 Å². The number of piperidine rings is 1. The molecule has 0 bridgehead atoms. The fourth-order valence-corrected chi connectivity index (χ4v) is 2.14. The summed E-state index contributed by atoms with van der Waals surface area (Å²) in [7, 11) is 0. The first-order valence-corrected chi connectivity index (χ1v) is 5.71. The van der Waals surface area contributed by atoms with Gasteiger partial charge < -0.3 is 5.32 Å². The molecule has 2 heterocycles. The lowest BCUT2D eigenvalue weighted by atomic mass is 10.1. The molecule has 0 spiro atoms. The smallest absolute Gasteiger partial charge is 0.286 e. The minimum Gasteiger partial charge on any atom is -0.312 e. The van der Waals surface area contributed by atoms with Crippen LogP contribution in [-0.2, 0) is 12.5 Å². The van der Waals surface area contributed by atoms with Crippen LogP contribution in [0.15, 0.2) is 12.3 Å². The van der Waals surface area contributed by atoms with Crippen LogP contribution in [0.4, 0.5) is 8.78 Å². The average Bonchev–Trinajstić information content (AvgIpc) is 2.67. The van der Waals surface area contributed by atoms with Crippen LogP contribution in [0.1, 0.15) is 31.9 Å². The van der Waals surface area contributed by atoms with E-state index in [0.29, 0.717) is 6.54 Å². The fourth-order valence-electron chi connectivity index (χ4n) is 2.14. The van der Waals surface area contributed by atoms with Crippen molar-refractivity contribution in [1.82, 2.24) is 15.1 Å². The highest BCUT2D eigenvalue weighted by atomic mass is 19.3. The van der Waals surface area contributed by atoms with Gasteiger partial charge in [0.15, 0.2) is 0 Å². The number of nitrogens with zero attached hydrogens (tertiary/aromatic N) is 2. The van der Waals surface area contributed by atoms with Crippen molar-refractivity contribution < 1.29 is 8.78 Å². The molecule has 0 aliphatic carbocycles. The van der Waals surface area contributed by atoms with Crippen molar-refractivity contribution in [1.29, 1.82) is 0 Å². The summed E-state index contributed by atoms with van der Waals surface area (Å²) in [5, 5.41) is 7.30. The lowest BCUT2D eigenvalue weighted by molar-refractivity contribution is 0.00714. The Morgan fingerprint density at radius 2 is 2.38 bits per heavy atom. The van der Waals surface area contributed by atoms with Crippen LogP contribution in [-0.4, -0.2) is 22.4 Å². The van der Waals surface area contributed by atoms with Gasteiger partial charge >= 0.3 is 0 Å². The molecule has 0 aromatic carbocycles. The maximum absolute atomic E-state index is 13.2. The molecular formula is C11H17F2N3. The Hall–Kier alpha value is -0.970. The summed E-state index contributed by atoms with van der Waals surface area (Å²) < 4.78 is 27.9. The van der Waals surface area contributed by atoms with Crippen LogP contribution >= 0.6 is 0 Å². The van der Waals surface area contributed by atoms with Gasteiger partial charge in [-0.2, -0.15) is 13.9 Å². The van der Waals surface area contributed by atoms with Crippen molar-refractivity contribution in [3.63, 3.8) is 0 Å².